The van der Waals surface area contributed by atoms with E-state index in [-0.39, 0.29) is 6.09 Å². The Balaban J connectivity index is 1.66. The molecule has 0 saturated carbocycles. The smallest absolute Gasteiger partial charge is 0.409 e. The van der Waals surface area contributed by atoms with Crippen LogP contribution in [0.25, 0.3) is 0 Å². The zero-order chi connectivity index (χ0) is 19.1. The predicted molar refractivity (Wildman–Crippen MR) is 104 cm³/mol. The van der Waals surface area contributed by atoms with Gasteiger partial charge in [0, 0.05) is 32.2 Å². The zero-order valence-corrected chi connectivity index (χ0v) is 15.7. The Kier molecular flexibility index (Phi) is 6.30. The summed E-state index contributed by atoms with van der Waals surface area (Å²) in [5.74, 6) is 2.30. The van der Waals surface area contributed by atoms with Gasteiger partial charge in [-0.25, -0.2) is 14.8 Å². The van der Waals surface area contributed by atoms with E-state index in [1.807, 2.05) is 44.2 Å². The fourth-order valence-corrected chi connectivity index (χ4v) is 2.91. The van der Waals surface area contributed by atoms with Gasteiger partial charge >= 0.3 is 6.09 Å². The van der Waals surface area contributed by atoms with Crippen LogP contribution in [0.5, 0.6) is 5.75 Å². The third-order valence-corrected chi connectivity index (χ3v) is 4.23. The van der Waals surface area contributed by atoms with E-state index in [9.17, 15) is 4.79 Å². The summed E-state index contributed by atoms with van der Waals surface area (Å²) in [7, 11) is 0. The number of anilines is 3. The summed E-state index contributed by atoms with van der Waals surface area (Å²) in [6.45, 7) is 7.37. The lowest BCUT2D eigenvalue weighted by Gasteiger charge is -2.34. The highest BCUT2D eigenvalue weighted by molar-refractivity contribution is 5.68. The third-order valence-electron chi connectivity index (χ3n) is 4.23. The number of rotatable bonds is 6. The maximum Gasteiger partial charge on any atom is 0.409 e. The van der Waals surface area contributed by atoms with Crippen molar-refractivity contribution in [1.29, 1.82) is 0 Å². The summed E-state index contributed by atoms with van der Waals surface area (Å²) < 4.78 is 10.7. The van der Waals surface area contributed by atoms with Crippen LogP contribution in [0.3, 0.4) is 0 Å². The molecule has 8 nitrogen and oxygen atoms in total. The van der Waals surface area contributed by atoms with Crippen molar-refractivity contribution in [3.8, 4) is 5.75 Å². The number of ether oxygens (including phenoxy) is 2. The number of nitrogens with zero attached hydrogens (tertiary/aromatic N) is 4. The first-order valence-corrected chi connectivity index (χ1v) is 9.18. The second-order valence-corrected chi connectivity index (χ2v) is 5.99. The van der Waals surface area contributed by atoms with Crippen molar-refractivity contribution in [3.05, 3.63) is 36.7 Å². The Labute approximate surface area is 159 Å². The van der Waals surface area contributed by atoms with Gasteiger partial charge in [0.05, 0.1) is 18.9 Å². The Morgan fingerprint density at radius 3 is 2.63 bits per heavy atom. The number of piperazine rings is 1. The van der Waals surface area contributed by atoms with E-state index in [0.29, 0.717) is 45.2 Å². The number of carbonyl (C=O) groups excluding carboxylic acids is 1. The van der Waals surface area contributed by atoms with E-state index in [0.717, 1.165) is 17.3 Å². The van der Waals surface area contributed by atoms with Crippen molar-refractivity contribution < 1.29 is 14.3 Å². The minimum absolute atomic E-state index is 0.255. The number of amides is 1. The quantitative estimate of drug-likeness (QED) is 0.836. The van der Waals surface area contributed by atoms with E-state index in [1.165, 1.54) is 0 Å². The van der Waals surface area contributed by atoms with Gasteiger partial charge in [-0.05, 0) is 26.0 Å². The van der Waals surface area contributed by atoms with Crippen molar-refractivity contribution in [3.63, 3.8) is 0 Å². The highest BCUT2D eigenvalue weighted by Crippen LogP contribution is 2.27. The molecular weight excluding hydrogens is 346 g/mol. The topological polar surface area (TPSA) is 79.8 Å². The first-order valence-electron chi connectivity index (χ1n) is 9.18. The highest BCUT2D eigenvalue weighted by atomic mass is 16.6. The van der Waals surface area contributed by atoms with E-state index >= 15 is 0 Å². The number of hydrogen-bond donors (Lipinski definition) is 1. The average Bonchev–Trinajstić information content (AvgIpc) is 2.70. The van der Waals surface area contributed by atoms with Gasteiger partial charge in [0.1, 0.15) is 23.7 Å². The number of hydrogen-bond acceptors (Lipinski definition) is 7. The molecule has 0 atom stereocenters. The van der Waals surface area contributed by atoms with Gasteiger partial charge in [0.25, 0.3) is 0 Å². The molecule has 0 radical (unpaired) electrons. The number of aromatic nitrogens is 2. The van der Waals surface area contributed by atoms with Crippen molar-refractivity contribution >= 4 is 23.4 Å². The zero-order valence-electron chi connectivity index (χ0n) is 15.7. The monoisotopic (exact) mass is 371 g/mol. The lowest BCUT2D eigenvalue weighted by atomic mass is 10.3. The lowest BCUT2D eigenvalue weighted by molar-refractivity contribution is 0.105. The van der Waals surface area contributed by atoms with E-state index in [4.69, 9.17) is 9.47 Å². The molecule has 3 rings (SSSR count). The summed E-state index contributed by atoms with van der Waals surface area (Å²) in [5, 5.41) is 3.29. The molecule has 0 aliphatic carbocycles. The highest BCUT2D eigenvalue weighted by Gasteiger charge is 2.22. The molecule has 144 valence electrons. The summed E-state index contributed by atoms with van der Waals surface area (Å²) >= 11 is 0. The molecule has 1 aromatic carbocycles. The van der Waals surface area contributed by atoms with Gasteiger partial charge in [-0.2, -0.15) is 0 Å². The normalized spacial score (nSPS) is 14.0. The molecule has 27 heavy (non-hydrogen) atoms. The lowest BCUT2D eigenvalue weighted by Crippen LogP contribution is -2.49. The summed E-state index contributed by atoms with van der Waals surface area (Å²) in [5.41, 5.74) is 0.858. The first kappa shape index (κ1) is 18.8. The Hall–Kier alpha value is -3.03. The largest absolute Gasteiger partial charge is 0.492 e. The number of para-hydroxylation sites is 2. The van der Waals surface area contributed by atoms with Crippen LogP contribution in [0, 0.1) is 0 Å². The van der Waals surface area contributed by atoms with Crippen LogP contribution in [0.1, 0.15) is 13.8 Å². The average molecular weight is 371 g/mol. The second-order valence-electron chi connectivity index (χ2n) is 5.99. The second kappa shape index (κ2) is 9.07. The van der Waals surface area contributed by atoms with Crippen molar-refractivity contribution in [2.45, 2.75) is 13.8 Å². The fourth-order valence-electron chi connectivity index (χ4n) is 2.91. The molecule has 1 saturated heterocycles. The molecule has 1 fully saturated rings. The van der Waals surface area contributed by atoms with Gasteiger partial charge in [0.15, 0.2) is 0 Å². The van der Waals surface area contributed by atoms with Crippen LogP contribution >= 0.6 is 0 Å². The number of carbonyl (C=O) groups is 1. The summed E-state index contributed by atoms with van der Waals surface area (Å²) in [4.78, 5) is 24.4. The molecule has 2 heterocycles. The Bertz CT molecular complexity index is 763. The molecule has 2 aromatic rings. The molecule has 1 N–H and O–H groups in total. The molecule has 0 spiro atoms. The SMILES string of the molecule is CCOC(=O)N1CCN(c2cc(Nc3ccccc3OCC)ncn2)CC1. The van der Waals surface area contributed by atoms with E-state index in [2.05, 4.69) is 20.2 Å². The van der Waals surface area contributed by atoms with E-state index < -0.39 is 0 Å². The molecule has 1 aliphatic heterocycles. The molecule has 0 unspecified atom stereocenters. The van der Waals surface area contributed by atoms with Crippen molar-refractivity contribution in [2.75, 3.05) is 49.6 Å². The van der Waals surface area contributed by atoms with Gasteiger partial charge in [-0.15, -0.1) is 0 Å². The third kappa shape index (κ3) is 4.78. The molecule has 1 amide bonds. The maximum absolute atomic E-state index is 11.8. The van der Waals surface area contributed by atoms with Gasteiger partial charge in [0.2, 0.25) is 0 Å². The molecule has 0 bridgehead atoms. The maximum atomic E-state index is 11.8. The standard InChI is InChI=1S/C19H25N5O3/c1-3-26-16-8-6-5-7-15(16)22-17-13-18(21-14-20-17)23-9-11-24(12-10-23)19(25)27-4-2/h5-8,13-14H,3-4,9-12H2,1-2H3,(H,20,21,22). The van der Waals surface area contributed by atoms with Crippen LogP contribution in [0.4, 0.5) is 22.1 Å². The van der Waals surface area contributed by atoms with Crippen LogP contribution in [0.2, 0.25) is 0 Å². The minimum atomic E-state index is -0.255. The molecular formula is C19H25N5O3. The predicted octanol–water partition coefficient (Wildman–Crippen LogP) is 2.90. The van der Waals surface area contributed by atoms with Crippen molar-refractivity contribution in [2.24, 2.45) is 0 Å². The molecule has 8 heteroatoms. The Morgan fingerprint density at radius 1 is 1.11 bits per heavy atom. The van der Waals surface area contributed by atoms with E-state index in [1.54, 1.807) is 11.2 Å². The van der Waals surface area contributed by atoms with Crippen LogP contribution in [0.15, 0.2) is 36.7 Å². The number of benzene rings is 1. The Morgan fingerprint density at radius 2 is 1.89 bits per heavy atom. The van der Waals surface area contributed by atoms with Gasteiger partial charge in [-0.3, -0.25) is 0 Å². The fraction of sp³-hybridized carbons (Fsp3) is 0.421. The van der Waals surface area contributed by atoms with Gasteiger partial charge in [-0.1, -0.05) is 12.1 Å². The van der Waals surface area contributed by atoms with Crippen molar-refractivity contribution in [1.82, 2.24) is 14.9 Å². The van der Waals surface area contributed by atoms with Crippen LogP contribution in [-0.4, -0.2) is 60.4 Å². The van der Waals surface area contributed by atoms with Gasteiger partial charge < -0.3 is 24.6 Å². The minimum Gasteiger partial charge on any atom is -0.492 e. The van der Waals surface area contributed by atoms with Crippen LogP contribution < -0.4 is 15.0 Å². The summed E-state index contributed by atoms with van der Waals surface area (Å²) in [6, 6.07) is 9.66. The number of nitrogens with one attached hydrogen (secondary N) is 1. The van der Waals surface area contributed by atoms with Crippen LogP contribution in [-0.2, 0) is 4.74 Å². The first-order chi connectivity index (χ1) is 13.2. The molecule has 1 aromatic heterocycles. The summed E-state index contributed by atoms with van der Waals surface area (Å²) in [6.07, 6.45) is 1.29. The molecule has 1 aliphatic rings.